The fourth-order valence-electron chi connectivity index (χ4n) is 1.23. The van der Waals surface area contributed by atoms with E-state index in [2.05, 4.69) is 26.0 Å². The maximum atomic E-state index is 5.51. The lowest BCUT2D eigenvalue weighted by atomic mass is 10.3. The Morgan fingerprint density at radius 2 is 2.13 bits per heavy atom. The summed E-state index contributed by atoms with van der Waals surface area (Å²) in [5, 5.41) is 14.3. The highest BCUT2D eigenvalue weighted by atomic mass is 16.5. The van der Waals surface area contributed by atoms with E-state index in [9.17, 15) is 0 Å². The number of nitrogens with one attached hydrogen (secondary N) is 2. The fraction of sp³-hybridized carbons (Fsp3) is 0.571. The Bertz CT molecular complexity index is 308. The van der Waals surface area contributed by atoms with Crippen LogP contribution >= 0.6 is 0 Å². The van der Waals surface area contributed by atoms with Crippen LogP contribution in [-0.2, 0) is 4.74 Å². The van der Waals surface area contributed by atoms with Gasteiger partial charge in [0.15, 0.2) is 23.6 Å². The minimum atomic E-state index is -0.174. The molecule has 1 fully saturated rings. The van der Waals surface area contributed by atoms with E-state index in [1.165, 1.54) is 0 Å². The van der Waals surface area contributed by atoms with Crippen LogP contribution in [0.3, 0.4) is 0 Å². The highest BCUT2D eigenvalue weighted by molar-refractivity contribution is 6.68. The van der Waals surface area contributed by atoms with Crippen LogP contribution in [0.25, 0.3) is 0 Å². The summed E-state index contributed by atoms with van der Waals surface area (Å²) in [6, 6.07) is 0. The van der Waals surface area contributed by atoms with Gasteiger partial charge in [0.25, 0.3) is 0 Å². The Morgan fingerprint density at radius 1 is 1.40 bits per heavy atom. The molecule has 1 unspecified atom stereocenters. The van der Waals surface area contributed by atoms with Crippen molar-refractivity contribution in [1.82, 2.24) is 10.7 Å². The van der Waals surface area contributed by atoms with E-state index in [0.29, 0.717) is 18.9 Å². The highest BCUT2D eigenvalue weighted by Gasteiger charge is 2.18. The lowest BCUT2D eigenvalue weighted by molar-refractivity contribution is 0.00781. The molecule has 82 valence electrons. The van der Waals surface area contributed by atoms with Gasteiger partial charge in [0.2, 0.25) is 0 Å². The van der Waals surface area contributed by atoms with Crippen molar-refractivity contribution >= 4 is 17.4 Å². The number of hydrogen-bond acceptors (Lipinski definition) is 8. The molecule has 8 heteroatoms. The van der Waals surface area contributed by atoms with Gasteiger partial charge in [-0.3, -0.25) is 5.43 Å². The lowest BCUT2D eigenvalue weighted by Gasteiger charge is -2.23. The van der Waals surface area contributed by atoms with Gasteiger partial charge in [0.05, 0.1) is 6.61 Å². The van der Waals surface area contributed by atoms with Crippen molar-refractivity contribution in [3.05, 3.63) is 0 Å². The number of nitrogens with zero attached hydrogens (tertiary/aromatic N) is 3. The first-order valence-corrected chi connectivity index (χ1v) is 4.60. The van der Waals surface area contributed by atoms with Crippen molar-refractivity contribution in [2.24, 2.45) is 26.8 Å². The van der Waals surface area contributed by atoms with Gasteiger partial charge in [-0.25, -0.2) is 0 Å². The molecular weight excluding hydrogens is 198 g/mol. The summed E-state index contributed by atoms with van der Waals surface area (Å²) < 4.78 is 5.37. The van der Waals surface area contributed by atoms with Crippen molar-refractivity contribution in [1.29, 1.82) is 0 Å². The van der Waals surface area contributed by atoms with Crippen molar-refractivity contribution < 1.29 is 4.74 Å². The Balaban J connectivity index is 1.93. The second-order valence-corrected chi connectivity index (χ2v) is 3.12. The van der Waals surface area contributed by atoms with Crippen LogP contribution in [0.2, 0.25) is 0 Å². The van der Waals surface area contributed by atoms with E-state index in [4.69, 9.17) is 16.2 Å². The molecule has 0 bridgehead atoms. The van der Waals surface area contributed by atoms with Gasteiger partial charge in [0, 0.05) is 13.1 Å². The molecule has 8 nitrogen and oxygen atoms in total. The summed E-state index contributed by atoms with van der Waals surface area (Å²) >= 11 is 0. The molecule has 1 atom stereocenters. The number of morpholine rings is 1. The monoisotopic (exact) mass is 211 g/mol. The van der Waals surface area contributed by atoms with E-state index in [0.717, 1.165) is 6.54 Å². The van der Waals surface area contributed by atoms with Crippen LogP contribution < -0.4 is 22.2 Å². The molecule has 0 saturated carbocycles. The van der Waals surface area contributed by atoms with Crippen molar-refractivity contribution in [2.75, 3.05) is 19.7 Å². The van der Waals surface area contributed by atoms with E-state index in [-0.39, 0.29) is 17.9 Å². The molecule has 0 aromatic carbocycles. The first-order chi connectivity index (χ1) is 7.27. The smallest absolute Gasteiger partial charge is 0.177 e. The zero-order chi connectivity index (χ0) is 10.7. The van der Waals surface area contributed by atoms with Gasteiger partial charge < -0.3 is 21.5 Å². The largest absolute Gasteiger partial charge is 0.380 e. The summed E-state index contributed by atoms with van der Waals surface area (Å²) in [6.07, 6.45) is -0.174. The van der Waals surface area contributed by atoms with Gasteiger partial charge in [-0.1, -0.05) is 0 Å². The summed E-state index contributed by atoms with van der Waals surface area (Å²) in [4.78, 5) is 0. The molecule has 0 amide bonds. The predicted octanol–water partition coefficient (Wildman–Crippen LogP) is -2.48. The minimum absolute atomic E-state index is 0.174. The fourth-order valence-corrected chi connectivity index (χ4v) is 1.23. The van der Waals surface area contributed by atoms with Crippen molar-refractivity contribution in [3.63, 3.8) is 0 Å². The second-order valence-electron chi connectivity index (χ2n) is 3.12. The third-order valence-electron chi connectivity index (χ3n) is 2.00. The predicted molar refractivity (Wildman–Crippen MR) is 56.4 cm³/mol. The van der Waals surface area contributed by atoms with Crippen LogP contribution in [-0.4, -0.2) is 43.3 Å². The molecule has 1 saturated heterocycles. The van der Waals surface area contributed by atoms with Crippen molar-refractivity contribution in [3.8, 4) is 0 Å². The molecule has 6 N–H and O–H groups in total. The average molecular weight is 211 g/mol. The summed E-state index contributed by atoms with van der Waals surface area (Å²) in [6.45, 7) is 2.18. The summed E-state index contributed by atoms with van der Waals surface area (Å²) in [7, 11) is 0. The molecule has 15 heavy (non-hydrogen) atoms. The number of ether oxygens (including phenoxy) is 1. The van der Waals surface area contributed by atoms with E-state index >= 15 is 0 Å². The molecule has 0 spiro atoms. The first-order valence-electron chi connectivity index (χ1n) is 4.60. The van der Waals surface area contributed by atoms with Gasteiger partial charge in [0.1, 0.15) is 0 Å². The average Bonchev–Trinajstić information content (AvgIpc) is 2.58. The number of hydrogen-bond donors (Lipinski definition) is 4. The van der Waals surface area contributed by atoms with E-state index in [1.54, 1.807) is 0 Å². The molecule has 2 rings (SSSR count). The number of rotatable bonds is 2. The minimum Gasteiger partial charge on any atom is -0.380 e. The molecule has 0 aromatic heterocycles. The van der Waals surface area contributed by atoms with Gasteiger partial charge in [-0.2, -0.15) is 5.10 Å². The molecule has 0 aromatic rings. The molecular formula is C7H13N7O. The standard InChI is InChI=1S/C7H13N7O/c8-6-5(7(9)14-13-6)12-11-4-3-10-1-2-15-4/h4,10-11H,1-3H2,(H4,8,9,12,13,14). The number of hydrazone groups is 1. The third-order valence-corrected chi connectivity index (χ3v) is 2.00. The normalized spacial score (nSPS) is 25.9. The van der Waals surface area contributed by atoms with E-state index in [1.807, 2.05) is 0 Å². The van der Waals surface area contributed by atoms with Gasteiger partial charge in [-0.05, 0) is 0 Å². The highest BCUT2D eigenvalue weighted by Crippen LogP contribution is 1.95. The van der Waals surface area contributed by atoms with Gasteiger partial charge >= 0.3 is 0 Å². The van der Waals surface area contributed by atoms with E-state index < -0.39 is 0 Å². The van der Waals surface area contributed by atoms with Crippen LogP contribution in [0.1, 0.15) is 0 Å². The van der Waals surface area contributed by atoms with Gasteiger partial charge in [-0.15, -0.1) is 10.2 Å². The number of amidine groups is 2. The molecule has 0 aliphatic carbocycles. The summed E-state index contributed by atoms with van der Waals surface area (Å²) in [5.41, 5.74) is 14.2. The molecule has 2 aliphatic heterocycles. The quantitative estimate of drug-likeness (QED) is 0.377. The second kappa shape index (κ2) is 4.24. The maximum Gasteiger partial charge on any atom is 0.177 e. The Labute approximate surface area is 86.4 Å². The first kappa shape index (κ1) is 9.87. The number of nitrogens with two attached hydrogens (primary N) is 2. The lowest BCUT2D eigenvalue weighted by Crippen LogP contribution is -2.46. The maximum absolute atomic E-state index is 5.51. The topological polar surface area (TPSA) is 122 Å². The van der Waals surface area contributed by atoms with Crippen LogP contribution in [0, 0.1) is 0 Å². The van der Waals surface area contributed by atoms with Crippen molar-refractivity contribution in [2.45, 2.75) is 6.23 Å². The zero-order valence-corrected chi connectivity index (χ0v) is 8.10. The molecule has 0 radical (unpaired) electrons. The Kier molecular flexibility index (Phi) is 2.79. The van der Waals surface area contributed by atoms with Crippen LogP contribution in [0.15, 0.2) is 15.3 Å². The van der Waals surface area contributed by atoms with Crippen LogP contribution in [0.4, 0.5) is 0 Å². The Morgan fingerprint density at radius 3 is 2.73 bits per heavy atom. The third kappa shape index (κ3) is 2.22. The Hall–Kier alpha value is -1.67. The zero-order valence-electron chi connectivity index (χ0n) is 8.10. The molecule has 2 aliphatic rings. The molecule has 2 heterocycles. The SMILES string of the molecule is NC1=NN=C(N)C1=NNC1CNCCO1. The van der Waals surface area contributed by atoms with Crippen LogP contribution in [0.5, 0.6) is 0 Å². The summed E-state index contributed by atoms with van der Waals surface area (Å²) in [5.74, 6) is 0.424.